The van der Waals surface area contributed by atoms with E-state index in [1.807, 2.05) is 0 Å². The van der Waals surface area contributed by atoms with Crippen LogP contribution in [0.25, 0.3) is 0 Å². The predicted octanol–water partition coefficient (Wildman–Crippen LogP) is 1.42. The molecular weight excluding hydrogens is 192 g/mol. The molecule has 14 heavy (non-hydrogen) atoms. The van der Waals surface area contributed by atoms with Gasteiger partial charge in [0.1, 0.15) is 0 Å². The zero-order valence-corrected chi connectivity index (χ0v) is 9.98. The fraction of sp³-hybridized carbons (Fsp3) is 1.00. The fourth-order valence-electron chi connectivity index (χ4n) is 2.40. The van der Waals surface area contributed by atoms with Gasteiger partial charge in [-0.25, -0.2) is 0 Å². The van der Waals surface area contributed by atoms with E-state index in [2.05, 4.69) is 28.9 Å². The molecule has 0 spiro atoms. The van der Waals surface area contributed by atoms with Crippen LogP contribution in [-0.4, -0.2) is 48.6 Å². The number of nitrogens with one attached hydrogen (secondary N) is 1. The Hall–Kier alpha value is 0.270. The first-order valence-corrected chi connectivity index (χ1v) is 7.04. The summed E-state index contributed by atoms with van der Waals surface area (Å²) < 4.78 is 0. The van der Waals surface area contributed by atoms with E-state index in [0.717, 1.165) is 12.0 Å². The lowest BCUT2D eigenvalue weighted by atomic mass is 10.0. The summed E-state index contributed by atoms with van der Waals surface area (Å²) in [5.74, 6) is 3.63. The van der Waals surface area contributed by atoms with Gasteiger partial charge in [-0.1, -0.05) is 0 Å². The van der Waals surface area contributed by atoms with Gasteiger partial charge in [0.15, 0.2) is 0 Å². The molecule has 0 aromatic rings. The molecular formula is C11H22N2S. The monoisotopic (exact) mass is 214 g/mol. The van der Waals surface area contributed by atoms with Crippen LogP contribution in [-0.2, 0) is 0 Å². The first kappa shape index (κ1) is 10.8. The van der Waals surface area contributed by atoms with Crippen LogP contribution in [0.15, 0.2) is 0 Å². The van der Waals surface area contributed by atoms with Crippen molar-refractivity contribution in [1.29, 1.82) is 0 Å². The van der Waals surface area contributed by atoms with E-state index in [1.54, 1.807) is 0 Å². The number of hydrogen-bond donors (Lipinski definition) is 1. The Balaban J connectivity index is 1.67. The van der Waals surface area contributed by atoms with Crippen molar-refractivity contribution >= 4 is 11.8 Å². The van der Waals surface area contributed by atoms with Gasteiger partial charge < -0.3 is 5.32 Å². The van der Waals surface area contributed by atoms with Crippen molar-refractivity contribution in [2.75, 3.05) is 37.7 Å². The Morgan fingerprint density at radius 2 is 2.43 bits per heavy atom. The van der Waals surface area contributed by atoms with E-state index < -0.39 is 0 Å². The largest absolute Gasteiger partial charge is 0.316 e. The van der Waals surface area contributed by atoms with Crippen LogP contribution >= 0.6 is 11.8 Å². The van der Waals surface area contributed by atoms with Crippen LogP contribution in [0, 0.1) is 5.92 Å². The Bertz CT molecular complexity index is 169. The highest BCUT2D eigenvalue weighted by atomic mass is 32.2. The van der Waals surface area contributed by atoms with Crippen molar-refractivity contribution in [1.82, 2.24) is 10.2 Å². The number of nitrogens with zero attached hydrogens (tertiary/aromatic N) is 1. The predicted molar refractivity (Wildman–Crippen MR) is 64.0 cm³/mol. The molecule has 1 N–H and O–H groups in total. The lowest BCUT2D eigenvalue weighted by molar-refractivity contribution is 0.217. The van der Waals surface area contributed by atoms with E-state index >= 15 is 0 Å². The summed E-state index contributed by atoms with van der Waals surface area (Å²) in [6.45, 7) is 7.52. The van der Waals surface area contributed by atoms with Gasteiger partial charge in [0.25, 0.3) is 0 Å². The smallest absolute Gasteiger partial charge is 0.0158 e. The maximum absolute atomic E-state index is 3.45. The van der Waals surface area contributed by atoms with Gasteiger partial charge in [-0.2, -0.15) is 11.8 Å². The Morgan fingerprint density at radius 3 is 3.14 bits per heavy atom. The summed E-state index contributed by atoms with van der Waals surface area (Å²) in [6.07, 6.45) is 2.80. The van der Waals surface area contributed by atoms with Crippen LogP contribution in [0.1, 0.15) is 19.8 Å². The quantitative estimate of drug-likeness (QED) is 0.765. The van der Waals surface area contributed by atoms with E-state index in [-0.39, 0.29) is 0 Å². The molecule has 2 fully saturated rings. The molecule has 0 aromatic carbocycles. The first-order chi connectivity index (χ1) is 6.86. The Labute approximate surface area is 91.8 Å². The molecule has 2 atom stereocenters. The molecule has 3 heteroatoms. The van der Waals surface area contributed by atoms with Gasteiger partial charge in [-0.3, -0.25) is 4.90 Å². The molecule has 1 unspecified atom stereocenters. The van der Waals surface area contributed by atoms with Crippen molar-refractivity contribution in [2.24, 2.45) is 5.92 Å². The summed E-state index contributed by atoms with van der Waals surface area (Å²) in [7, 11) is 0. The topological polar surface area (TPSA) is 15.3 Å². The fourth-order valence-corrected chi connectivity index (χ4v) is 3.49. The molecule has 0 bridgehead atoms. The highest BCUT2D eigenvalue weighted by Gasteiger charge is 2.20. The van der Waals surface area contributed by atoms with Gasteiger partial charge in [0.05, 0.1) is 0 Å². The number of thioether (sulfide) groups is 1. The first-order valence-electron chi connectivity index (χ1n) is 5.89. The average Bonchev–Trinajstić information content (AvgIpc) is 2.69. The maximum Gasteiger partial charge on any atom is 0.0158 e. The highest BCUT2D eigenvalue weighted by Crippen LogP contribution is 2.19. The van der Waals surface area contributed by atoms with Gasteiger partial charge in [-0.05, 0) is 45.3 Å². The zero-order chi connectivity index (χ0) is 9.80. The molecule has 2 aliphatic rings. The molecule has 2 rings (SSSR count). The van der Waals surface area contributed by atoms with E-state index in [4.69, 9.17) is 0 Å². The van der Waals surface area contributed by atoms with Crippen LogP contribution in [0.2, 0.25) is 0 Å². The lowest BCUT2D eigenvalue weighted by Gasteiger charge is -2.33. The molecule has 82 valence electrons. The van der Waals surface area contributed by atoms with Gasteiger partial charge in [-0.15, -0.1) is 0 Å². The third-order valence-corrected chi connectivity index (χ3v) is 4.68. The molecule has 0 saturated carbocycles. The van der Waals surface area contributed by atoms with Crippen LogP contribution in [0.3, 0.4) is 0 Å². The van der Waals surface area contributed by atoms with Crippen molar-refractivity contribution in [3.63, 3.8) is 0 Å². The summed E-state index contributed by atoms with van der Waals surface area (Å²) in [4.78, 5) is 2.68. The van der Waals surface area contributed by atoms with Crippen LogP contribution in [0.4, 0.5) is 0 Å². The van der Waals surface area contributed by atoms with Crippen molar-refractivity contribution in [3.05, 3.63) is 0 Å². The summed E-state index contributed by atoms with van der Waals surface area (Å²) in [5.41, 5.74) is 0. The summed E-state index contributed by atoms with van der Waals surface area (Å²) in [5, 5.41) is 3.45. The molecule has 2 nitrogen and oxygen atoms in total. The molecule has 0 aromatic heterocycles. The SMILES string of the molecule is CC1CSCCN1CC[C@H]1CCNC1. The molecule has 2 heterocycles. The molecule has 0 aliphatic carbocycles. The Morgan fingerprint density at radius 1 is 1.50 bits per heavy atom. The standard InChI is InChI=1S/C11H22N2S/c1-10-9-14-7-6-13(10)5-3-11-2-4-12-8-11/h10-12H,2-9H2,1H3/t10?,11-/m1/s1. The normalized spacial score (nSPS) is 34.9. The average molecular weight is 214 g/mol. The van der Waals surface area contributed by atoms with Crippen molar-refractivity contribution in [2.45, 2.75) is 25.8 Å². The Kier molecular flexibility index (Phi) is 4.14. The molecule has 2 saturated heterocycles. The van der Waals surface area contributed by atoms with Crippen molar-refractivity contribution in [3.8, 4) is 0 Å². The minimum atomic E-state index is 0.808. The lowest BCUT2D eigenvalue weighted by Crippen LogP contribution is -2.41. The van der Waals surface area contributed by atoms with Crippen LogP contribution in [0.5, 0.6) is 0 Å². The van der Waals surface area contributed by atoms with Gasteiger partial charge >= 0.3 is 0 Å². The summed E-state index contributed by atoms with van der Waals surface area (Å²) in [6, 6.07) is 0.808. The molecule has 2 aliphatic heterocycles. The molecule has 0 radical (unpaired) electrons. The van der Waals surface area contributed by atoms with Gasteiger partial charge in [0, 0.05) is 24.1 Å². The maximum atomic E-state index is 3.45. The van der Waals surface area contributed by atoms with E-state index in [9.17, 15) is 0 Å². The molecule has 0 amide bonds. The third-order valence-electron chi connectivity index (χ3n) is 3.49. The van der Waals surface area contributed by atoms with Gasteiger partial charge in [0.2, 0.25) is 0 Å². The van der Waals surface area contributed by atoms with Crippen molar-refractivity contribution < 1.29 is 0 Å². The second-order valence-electron chi connectivity index (χ2n) is 4.61. The second kappa shape index (κ2) is 5.38. The van der Waals surface area contributed by atoms with E-state index in [1.165, 1.54) is 50.5 Å². The second-order valence-corrected chi connectivity index (χ2v) is 5.76. The summed E-state index contributed by atoms with van der Waals surface area (Å²) >= 11 is 2.11. The minimum absolute atomic E-state index is 0.808. The minimum Gasteiger partial charge on any atom is -0.316 e. The van der Waals surface area contributed by atoms with E-state index in [0.29, 0.717) is 0 Å². The number of rotatable bonds is 3. The van der Waals surface area contributed by atoms with Crippen LogP contribution < -0.4 is 5.32 Å². The zero-order valence-electron chi connectivity index (χ0n) is 9.17. The third kappa shape index (κ3) is 2.88. The number of hydrogen-bond acceptors (Lipinski definition) is 3. The highest BCUT2D eigenvalue weighted by molar-refractivity contribution is 7.99.